The average molecular weight is 404 g/mol. The Morgan fingerprint density at radius 1 is 1.31 bits per heavy atom. The first-order valence-corrected chi connectivity index (χ1v) is 11.4. The lowest BCUT2D eigenvalue weighted by Crippen LogP contribution is -2.61. The third kappa shape index (κ3) is 4.37. The molecule has 7 heteroatoms. The van der Waals surface area contributed by atoms with Crippen LogP contribution in [0.3, 0.4) is 0 Å². The van der Waals surface area contributed by atoms with Gasteiger partial charge in [0.2, 0.25) is 5.91 Å². The smallest absolute Gasteiger partial charge is 0.227 e. The normalized spacial score (nSPS) is 31.4. The van der Waals surface area contributed by atoms with Crippen molar-refractivity contribution in [2.45, 2.75) is 45.1 Å². The Hall–Kier alpha value is -1.44. The summed E-state index contributed by atoms with van der Waals surface area (Å²) < 4.78 is 7.58. The second kappa shape index (κ2) is 9.14. The first kappa shape index (κ1) is 20.8. The Labute approximate surface area is 174 Å². The standard InChI is InChI=1S/C22H37N5O2/c1-3-26-10-6-18-16-19(27-12-14-29-15-13-27)4-7-22(18,17-26)21(28)24-8-5-20-23-9-11-25(20)2/h9,11,18-19H,3-8,10,12-17H2,1-2H3,(H,24,28)/t18-,19?,22-/m1/s1. The molecule has 3 fully saturated rings. The van der Waals surface area contributed by atoms with Gasteiger partial charge in [-0.2, -0.15) is 0 Å². The third-order valence-corrected chi connectivity index (χ3v) is 7.58. The van der Waals surface area contributed by atoms with Gasteiger partial charge in [-0.3, -0.25) is 9.69 Å². The van der Waals surface area contributed by atoms with E-state index in [1.807, 2.05) is 24.0 Å². The van der Waals surface area contributed by atoms with Crippen LogP contribution in [0.5, 0.6) is 0 Å². The molecule has 162 valence electrons. The van der Waals surface area contributed by atoms with E-state index in [2.05, 4.69) is 27.0 Å². The number of piperidine rings is 1. The summed E-state index contributed by atoms with van der Waals surface area (Å²) in [5.41, 5.74) is -0.224. The van der Waals surface area contributed by atoms with Crippen molar-refractivity contribution in [1.29, 1.82) is 0 Å². The molecule has 2 saturated heterocycles. The van der Waals surface area contributed by atoms with Crippen molar-refractivity contribution in [2.24, 2.45) is 18.4 Å². The highest BCUT2D eigenvalue weighted by molar-refractivity contribution is 5.83. The van der Waals surface area contributed by atoms with Crippen LogP contribution in [0.1, 0.15) is 38.4 Å². The van der Waals surface area contributed by atoms with Crippen LogP contribution in [-0.2, 0) is 23.0 Å². The molecule has 7 nitrogen and oxygen atoms in total. The van der Waals surface area contributed by atoms with Crippen LogP contribution in [0.15, 0.2) is 12.4 Å². The summed E-state index contributed by atoms with van der Waals surface area (Å²) in [5, 5.41) is 3.29. The van der Waals surface area contributed by atoms with E-state index in [0.717, 1.165) is 83.9 Å². The van der Waals surface area contributed by atoms with Crippen LogP contribution >= 0.6 is 0 Å². The van der Waals surface area contributed by atoms with Gasteiger partial charge in [0.15, 0.2) is 0 Å². The second-order valence-electron chi connectivity index (χ2n) is 9.05. The van der Waals surface area contributed by atoms with Crippen molar-refractivity contribution < 1.29 is 9.53 Å². The average Bonchev–Trinajstić information content (AvgIpc) is 3.18. The summed E-state index contributed by atoms with van der Waals surface area (Å²) >= 11 is 0. The van der Waals surface area contributed by atoms with Gasteiger partial charge in [-0.15, -0.1) is 0 Å². The van der Waals surface area contributed by atoms with Crippen LogP contribution in [0.2, 0.25) is 0 Å². The van der Waals surface area contributed by atoms with Crippen molar-refractivity contribution in [2.75, 3.05) is 52.5 Å². The van der Waals surface area contributed by atoms with Crippen LogP contribution < -0.4 is 5.32 Å². The number of imidazole rings is 1. The summed E-state index contributed by atoms with van der Waals surface area (Å²) in [6.45, 7) is 9.73. The van der Waals surface area contributed by atoms with Gasteiger partial charge in [0.05, 0.1) is 18.6 Å². The Bertz CT molecular complexity index is 686. The van der Waals surface area contributed by atoms with Crippen LogP contribution in [0.4, 0.5) is 0 Å². The van der Waals surface area contributed by atoms with Crippen LogP contribution in [-0.4, -0.2) is 83.8 Å². The molecule has 1 aromatic heterocycles. The predicted octanol–water partition coefficient (Wildman–Crippen LogP) is 1.29. The molecule has 3 atom stereocenters. The number of carbonyl (C=O) groups excluding carboxylic acids is 1. The van der Waals surface area contributed by atoms with Crippen LogP contribution in [0, 0.1) is 11.3 Å². The van der Waals surface area contributed by atoms with Gasteiger partial charge in [0, 0.05) is 58.1 Å². The van der Waals surface area contributed by atoms with Crippen molar-refractivity contribution in [3.05, 3.63) is 18.2 Å². The van der Waals surface area contributed by atoms with E-state index >= 15 is 0 Å². The summed E-state index contributed by atoms with van der Waals surface area (Å²) in [7, 11) is 2.01. The number of hydrogen-bond acceptors (Lipinski definition) is 5. The maximum Gasteiger partial charge on any atom is 0.227 e. The lowest BCUT2D eigenvalue weighted by molar-refractivity contribution is -0.144. The number of likely N-dealkylation sites (tertiary alicyclic amines) is 1. The molecule has 3 heterocycles. The fraction of sp³-hybridized carbons (Fsp3) is 0.818. The number of hydrogen-bond donors (Lipinski definition) is 1. The summed E-state index contributed by atoms with van der Waals surface area (Å²) in [6.07, 6.45) is 8.99. The van der Waals surface area contributed by atoms with E-state index in [0.29, 0.717) is 18.5 Å². The highest BCUT2D eigenvalue weighted by Crippen LogP contribution is 2.47. The molecule has 1 aliphatic carbocycles. The van der Waals surface area contributed by atoms with E-state index < -0.39 is 0 Å². The zero-order valence-corrected chi connectivity index (χ0v) is 18.1. The quantitative estimate of drug-likeness (QED) is 0.776. The molecule has 2 aliphatic heterocycles. The Morgan fingerprint density at radius 2 is 2.14 bits per heavy atom. The third-order valence-electron chi connectivity index (χ3n) is 7.58. The second-order valence-corrected chi connectivity index (χ2v) is 9.05. The highest BCUT2D eigenvalue weighted by atomic mass is 16.5. The number of rotatable bonds is 6. The first-order valence-electron chi connectivity index (χ1n) is 11.4. The molecule has 1 unspecified atom stereocenters. The number of nitrogens with one attached hydrogen (secondary N) is 1. The molecule has 1 N–H and O–H groups in total. The number of morpholine rings is 1. The molecule has 4 rings (SSSR count). The lowest BCUT2D eigenvalue weighted by Gasteiger charge is -2.53. The predicted molar refractivity (Wildman–Crippen MR) is 113 cm³/mol. The van der Waals surface area contributed by atoms with E-state index in [1.165, 1.54) is 0 Å². The zero-order chi connectivity index (χ0) is 20.3. The van der Waals surface area contributed by atoms with E-state index in [1.54, 1.807) is 0 Å². The molecule has 0 aromatic carbocycles. The fourth-order valence-corrected chi connectivity index (χ4v) is 5.74. The van der Waals surface area contributed by atoms with Gasteiger partial charge in [0.25, 0.3) is 0 Å². The minimum Gasteiger partial charge on any atom is -0.379 e. The van der Waals surface area contributed by atoms with Gasteiger partial charge in [-0.05, 0) is 44.7 Å². The van der Waals surface area contributed by atoms with Crippen molar-refractivity contribution >= 4 is 5.91 Å². The van der Waals surface area contributed by atoms with Crippen molar-refractivity contribution in [3.63, 3.8) is 0 Å². The minimum absolute atomic E-state index is 0.224. The molecule has 3 aliphatic rings. The molecular weight excluding hydrogens is 366 g/mol. The maximum absolute atomic E-state index is 13.5. The minimum atomic E-state index is -0.224. The molecular formula is C22H37N5O2. The van der Waals surface area contributed by atoms with Gasteiger partial charge >= 0.3 is 0 Å². The van der Waals surface area contributed by atoms with Gasteiger partial charge < -0.3 is 19.5 Å². The maximum atomic E-state index is 13.5. The molecule has 0 spiro atoms. The molecule has 1 amide bonds. The Balaban J connectivity index is 1.42. The summed E-state index contributed by atoms with van der Waals surface area (Å²) in [6, 6.07) is 0.616. The number of amides is 1. The SMILES string of the molecule is CCN1CC[C@@H]2CC(N3CCOCC3)CC[C@@]2(C(=O)NCCc2nccn2C)C1. The monoisotopic (exact) mass is 403 g/mol. The molecule has 1 aromatic rings. The van der Waals surface area contributed by atoms with Crippen molar-refractivity contribution in [1.82, 2.24) is 24.7 Å². The van der Waals surface area contributed by atoms with E-state index in [4.69, 9.17) is 4.74 Å². The number of aryl methyl sites for hydroxylation is 1. The topological polar surface area (TPSA) is 62.6 Å². The van der Waals surface area contributed by atoms with Crippen molar-refractivity contribution in [3.8, 4) is 0 Å². The molecule has 29 heavy (non-hydrogen) atoms. The van der Waals surface area contributed by atoms with E-state index in [9.17, 15) is 4.79 Å². The van der Waals surface area contributed by atoms with Gasteiger partial charge in [-0.1, -0.05) is 6.92 Å². The molecule has 0 bridgehead atoms. The Kier molecular flexibility index (Phi) is 6.56. The number of nitrogens with zero attached hydrogens (tertiary/aromatic N) is 4. The highest BCUT2D eigenvalue weighted by Gasteiger charge is 2.52. The molecule has 1 saturated carbocycles. The molecule has 0 radical (unpaired) electrons. The summed E-state index contributed by atoms with van der Waals surface area (Å²) in [4.78, 5) is 23.0. The summed E-state index contributed by atoms with van der Waals surface area (Å²) in [5.74, 6) is 1.78. The lowest BCUT2D eigenvalue weighted by atomic mass is 9.61. The van der Waals surface area contributed by atoms with Gasteiger partial charge in [0.1, 0.15) is 5.82 Å². The zero-order valence-electron chi connectivity index (χ0n) is 18.1. The van der Waals surface area contributed by atoms with Crippen LogP contribution in [0.25, 0.3) is 0 Å². The fourth-order valence-electron chi connectivity index (χ4n) is 5.74. The number of carbonyl (C=O) groups is 1. The number of fused-ring (bicyclic) bond motifs is 1. The van der Waals surface area contributed by atoms with Gasteiger partial charge in [-0.25, -0.2) is 4.98 Å². The Morgan fingerprint density at radius 3 is 2.86 bits per heavy atom. The number of aromatic nitrogens is 2. The largest absolute Gasteiger partial charge is 0.379 e. The van der Waals surface area contributed by atoms with E-state index in [-0.39, 0.29) is 11.3 Å². The number of ether oxygens (including phenoxy) is 1. The first-order chi connectivity index (χ1) is 14.1.